The molecule has 0 bridgehead atoms. The molecule has 1 saturated heterocycles. The number of likely N-dealkylation sites (N-methyl/N-ethyl adjacent to an activating group) is 1. The molecule has 1 fully saturated rings. The second-order valence-corrected chi connectivity index (χ2v) is 8.16. The van der Waals surface area contributed by atoms with Crippen LogP contribution in [-0.2, 0) is 14.8 Å². The fourth-order valence-corrected chi connectivity index (χ4v) is 4.14. The minimum absolute atomic E-state index is 0.237. The van der Waals surface area contributed by atoms with Gasteiger partial charge in [-0.3, -0.25) is 4.79 Å². The van der Waals surface area contributed by atoms with Crippen molar-refractivity contribution in [2.24, 2.45) is 0 Å². The number of anilines is 1. The Morgan fingerprint density at radius 3 is 2.50 bits per heavy atom. The summed E-state index contributed by atoms with van der Waals surface area (Å²) in [4.78, 5) is 13.5. The first kappa shape index (κ1) is 18.4. The van der Waals surface area contributed by atoms with Crippen molar-refractivity contribution in [2.75, 3.05) is 38.5 Å². The van der Waals surface area contributed by atoms with E-state index in [4.69, 9.17) is 4.42 Å². The van der Waals surface area contributed by atoms with Gasteiger partial charge in [0, 0.05) is 11.8 Å². The Morgan fingerprint density at radius 2 is 1.88 bits per heavy atom. The highest BCUT2D eigenvalue weighted by Gasteiger charge is 2.28. The summed E-state index contributed by atoms with van der Waals surface area (Å²) < 4.78 is 32.0. The number of rotatable bonds is 5. The van der Waals surface area contributed by atoms with E-state index in [0.717, 1.165) is 13.1 Å². The Kier molecular flexibility index (Phi) is 5.55. The number of benzene rings is 1. The van der Waals surface area contributed by atoms with Crippen LogP contribution in [0.5, 0.6) is 0 Å². The number of hydrogen-bond donors (Lipinski definition) is 2. The summed E-state index contributed by atoms with van der Waals surface area (Å²) in [5.74, 6) is 0.259. The molecule has 0 saturated carbocycles. The quantitative estimate of drug-likeness (QED) is 0.742. The fourth-order valence-electron chi connectivity index (χ4n) is 2.70. The SMILES string of the molecule is C[NH+]1CCN(S(=O)(=O)c2ccc(NC(=O)/C=C/c3ccco3)cc2)CC1. The minimum Gasteiger partial charge on any atom is -0.465 e. The largest absolute Gasteiger partial charge is 0.465 e. The van der Waals surface area contributed by atoms with Crippen LogP contribution in [0.4, 0.5) is 5.69 Å². The first-order valence-electron chi connectivity index (χ1n) is 8.39. The maximum atomic E-state index is 12.7. The molecule has 2 heterocycles. The van der Waals surface area contributed by atoms with Crippen molar-refractivity contribution in [1.29, 1.82) is 0 Å². The highest BCUT2D eigenvalue weighted by Crippen LogP contribution is 2.18. The average Bonchev–Trinajstić information content (AvgIpc) is 3.14. The number of carbonyl (C=O) groups excluding carboxylic acids is 1. The molecule has 8 heteroatoms. The van der Waals surface area contributed by atoms with Crippen molar-refractivity contribution in [3.63, 3.8) is 0 Å². The molecule has 0 atom stereocenters. The number of furan rings is 1. The third-order valence-electron chi connectivity index (χ3n) is 4.28. The van der Waals surface area contributed by atoms with Gasteiger partial charge in [0.15, 0.2) is 0 Å². The number of nitrogens with one attached hydrogen (secondary N) is 2. The zero-order valence-corrected chi connectivity index (χ0v) is 15.3. The Morgan fingerprint density at radius 1 is 1.19 bits per heavy atom. The van der Waals surface area contributed by atoms with Crippen molar-refractivity contribution in [3.05, 3.63) is 54.5 Å². The molecule has 26 heavy (non-hydrogen) atoms. The van der Waals surface area contributed by atoms with Crippen molar-refractivity contribution in [3.8, 4) is 0 Å². The van der Waals surface area contributed by atoms with Gasteiger partial charge >= 0.3 is 0 Å². The highest BCUT2D eigenvalue weighted by atomic mass is 32.2. The normalized spacial score (nSPS) is 16.8. The van der Waals surface area contributed by atoms with E-state index in [2.05, 4.69) is 12.4 Å². The van der Waals surface area contributed by atoms with Crippen LogP contribution in [0.2, 0.25) is 0 Å². The summed E-state index contributed by atoms with van der Waals surface area (Å²) in [6, 6.07) is 9.69. The van der Waals surface area contributed by atoms with Gasteiger partial charge in [-0.15, -0.1) is 0 Å². The second-order valence-electron chi connectivity index (χ2n) is 6.22. The maximum Gasteiger partial charge on any atom is 0.248 e. The molecule has 3 rings (SSSR count). The van der Waals surface area contributed by atoms with Gasteiger partial charge in [-0.05, 0) is 42.5 Å². The lowest BCUT2D eigenvalue weighted by atomic mass is 10.3. The summed E-state index contributed by atoms with van der Waals surface area (Å²) in [5, 5.41) is 2.69. The van der Waals surface area contributed by atoms with Crippen LogP contribution in [0.25, 0.3) is 6.08 Å². The third-order valence-corrected chi connectivity index (χ3v) is 6.19. The van der Waals surface area contributed by atoms with Gasteiger partial charge in [0.1, 0.15) is 5.76 Å². The summed E-state index contributed by atoms with van der Waals surface area (Å²) >= 11 is 0. The first-order chi connectivity index (χ1) is 12.4. The zero-order valence-electron chi connectivity index (χ0n) is 14.5. The van der Waals surface area contributed by atoms with E-state index in [1.165, 1.54) is 33.7 Å². The van der Waals surface area contributed by atoms with E-state index in [9.17, 15) is 13.2 Å². The molecule has 2 aromatic rings. The van der Waals surface area contributed by atoms with Crippen LogP contribution in [-0.4, -0.2) is 51.9 Å². The van der Waals surface area contributed by atoms with Gasteiger partial charge in [-0.2, -0.15) is 4.31 Å². The predicted molar refractivity (Wildman–Crippen MR) is 98.2 cm³/mol. The number of hydrogen-bond acceptors (Lipinski definition) is 4. The molecule has 0 radical (unpaired) electrons. The van der Waals surface area contributed by atoms with Crippen molar-refractivity contribution in [1.82, 2.24) is 4.31 Å². The number of quaternary nitrogens is 1. The van der Waals surface area contributed by atoms with Crippen LogP contribution < -0.4 is 10.2 Å². The lowest BCUT2D eigenvalue weighted by molar-refractivity contribution is -0.883. The van der Waals surface area contributed by atoms with Crippen LogP contribution >= 0.6 is 0 Å². The van der Waals surface area contributed by atoms with Crippen molar-refractivity contribution in [2.45, 2.75) is 4.90 Å². The Balaban J connectivity index is 1.63. The van der Waals surface area contributed by atoms with Crippen LogP contribution in [0.3, 0.4) is 0 Å². The molecule has 1 aliphatic rings. The minimum atomic E-state index is -3.49. The molecule has 1 aromatic heterocycles. The molecule has 138 valence electrons. The highest BCUT2D eigenvalue weighted by molar-refractivity contribution is 7.89. The smallest absolute Gasteiger partial charge is 0.248 e. The first-order valence-corrected chi connectivity index (χ1v) is 9.83. The average molecular weight is 376 g/mol. The van der Waals surface area contributed by atoms with Gasteiger partial charge in [-0.1, -0.05) is 0 Å². The van der Waals surface area contributed by atoms with Crippen molar-refractivity contribution >= 4 is 27.7 Å². The third kappa shape index (κ3) is 4.40. The number of sulfonamides is 1. The van der Waals surface area contributed by atoms with Gasteiger partial charge in [0.05, 0.1) is 44.4 Å². The van der Waals surface area contributed by atoms with Gasteiger partial charge in [0.25, 0.3) is 0 Å². The van der Waals surface area contributed by atoms with E-state index >= 15 is 0 Å². The van der Waals surface area contributed by atoms with Crippen LogP contribution in [0, 0.1) is 0 Å². The molecule has 1 aliphatic heterocycles. The summed E-state index contributed by atoms with van der Waals surface area (Å²) in [6.07, 6.45) is 4.44. The Bertz CT molecular complexity index is 866. The van der Waals surface area contributed by atoms with E-state index < -0.39 is 10.0 Å². The second kappa shape index (κ2) is 7.86. The molecule has 2 N–H and O–H groups in total. The van der Waals surface area contributed by atoms with E-state index in [1.807, 2.05) is 0 Å². The van der Waals surface area contributed by atoms with E-state index in [1.54, 1.807) is 30.3 Å². The zero-order chi connectivity index (χ0) is 18.6. The maximum absolute atomic E-state index is 12.7. The summed E-state index contributed by atoms with van der Waals surface area (Å²) in [7, 11) is -1.43. The standard InChI is InChI=1S/C18H21N3O4S/c1-20-10-12-21(13-11-20)26(23,24)17-7-4-15(5-8-17)19-18(22)9-6-16-3-2-14-25-16/h2-9,14H,10-13H2,1H3,(H,19,22)/p+1/b9-6+. The molecule has 0 unspecified atom stereocenters. The van der Waals surface area contributed by atoms with Gasteiger partial charge in [0.2, 0.25) is 15.9 Å². The molecule has 0 aliphatic carbocycles. The number of nitrogens with zero attached hydrogens (tertiary/aromatic N) is 1. The van der Waals surface area contributed by atoms with Crippen molar-refractivity contribution < 1.29 is 22.5 Å². The Labute approximate surface area is 152 Å². The number of carbonyl (C=O) groups is 1. The van der Waals surface area contributed by atoms with Gasteiger partial charge < -0.3 is 14.6 Å². The summed E-state index contributed by atoms with van der Waals surface area (Å²) in [5.41, 5.74) is 0.529. The monoisotopic (exact) mass is 376 g/mol. The lowest BCUT2D eigenvalue weighted by Gasteiger charge is -2.29. The van der Waals surface area contributed by atoms with E-state index in [-0.39, 0.29) is 10.8 Å². The Hall–Kier alpha value is -2.42. The molecule has 1 amide bonds. The van der Waals surface area contributed by atoms with E-state index in [0.29, 0.717) is 24.5 Å². The number of piperazine rings is 1. The molecule has 1 aromatic carbocycles. The molecule has 7 nitrogen and oxygen atoms in total. The molecular weight excluding hydrogens is 354 g/mol. The molecule has 0 spiro atoms. The molecular formula is C18H22N3O4S+. The lowest BCUT2D eigenvalue weighted by Crippen LogP contribution is -3.12. The summed E-state index contributed by atoms with van der Waals surface area (Å²) in [6.45, 7) is 2.64. The number of amides is 1. The fraction of sp³-hybridized carbons (Fsp3) is 0.278. The van der Waals surface area contributed by atoms with Gasteiger partial charge in [-0.25, -0.2) is 8.42 Å². The van der Waals surface area contributed by atoms with Crippen LogP contribution in [0.15, 0.2) is 58.1 Å². The van der Waals surface area contributed by atoms with Crippen LogP contribution in [0.1, 0.15) is 5.76 Å². The predicted octanol–water partition coefficient (Wildman–Crippen LogP) is 0.451. The topological polar surface area (TPSA) is 84.1 Å².